The SMILES string of the molecule is COc1ccc(C(N)=O)c(OCC(=O)Nc2ccc(C(=O)N(C)C)cc2)c1. The molecule has 8 nitrogen and oxygen atoms in total. The van der Waals surface area contributed by atoms with Gasteiger partial charge in [0.05, 0.1) is 12.7 Å². The maximum Gasteiger partial charge on any atom is 0.262 e. The smallest absolute Gasteiger partial charge is 0.262 e. The van der Waals surface area contributed by atoms with Gasteiger partial charge in [-0.1, -0.05) is 0 Å². The molecule has 142 valence electrons. The fourth-order valence-electron chi connectivity index (χ4n) is 2.25. The minimum absolute atomic E-state index is 0.131. The summed E-state index contributed by atoms with van der Waals surface area (Å²) in [5.41, 5.74) is 6.48. The predicted molar refractivity (Wildman–Crippen MR) is 100 cm³/mol. The lowest BCUT2D eigenvalue weighted by atomic mass is 10.2. The van der Waals surface area contributed by atoms with Crippen molar-refractivity contribution in [1.29, 1.82) is 0 Å². The molecule has 0 radical (unpaired) electrons. The molecule has 0 bridgehead atoms. The number of carbonyl (C=O) groups is 3. The van der Waals surface area contributed by atoms with Crippen LogP contribution in [0, 0.1) is 0 Å². The molecule has 2 aromatic rings. The Morgan fingerprint density at radius 2 is 1.74 bits per heavy atom. The molecule has 0 aromatic heterocycles. The van der Waals surface area contributed by atoms with Crippen LogP contribution in [-0.4, -0.2) is 50.4 Å². The quantitative estimate of drug-likeness (QED) is 0.766. The van der Waals surface area contributed by atoms with Crippen molar-refractivity contribution in [3.05, 3.63) is 53.6 Å². The Bertz CT molecular complexity index is 847. The second-order valence-corrected chi connectivity index (χ2v) is 5.84. The number of nitrogens with zero attached hydrogens (tertiary/aromatic N) is 1. The Morgan fingerprint density at radius 3 is 2.30 bits per heavy atom. The van der Waals surface area contributed by atoms with E-state index in [0.717, 1.165) is 0 Å². The zero-order chi connectivity index (χ0) is 20.0. The summed E-state index contributed by atoms with van der Waals surface area (Å²) >= 11 is 0. The van der Waals surface area contributed by atoms with E-state index in [0.29, 0.717) is 17.0 Å². The third kappa shape index (κ3) is 5.21. The number of hydrogen-bond donors (Lipinski definition) is 2. The highest BCUT2D eigenvalue weighted by atomic mass is 16.5. The van der Waals surface area contributed by atoms with E-state index in [9.17, 15) is 14.4 Å². The maximum absolute atomic E-state index is 12.1. The van der Waals surface area contributed by atoms with Crippen LogP contribution in [0.4, 0.5) is 5.69 Å². The molecule has 0 heterocycles. The van der Waals surface area contributed by atoms with Gasteiger partial charge in [0.2, 0.25) is 0 Å². The van der Waals surface area contributed by atoms with Crippen molar-refractivity contribution in [1.82, 2.24) is 4.90 Å². The lowest BCUT2D eigenvalue weighted by Gasteiger charge is -2.12. The van der Waals surface area contributed by atoms with Crippen LogP contribution in [0.2, 0.25) is 0 Å². The molecule has 0 fully saturated rings. The molecule has 0 saturated heterocycles. The highest BCUT2D eigenvalue weighted by Crippen LogP contribution is 2.24. The summed E-state index contributed by atoms with van der Waals surface area (Å²) in [7, 11) is 4.79. The summed E-state index contributed by atoms with van der Waals surface area (Å²) in [6, 6.07) is 11.0. The van der Waals surface area contributed by atoms with Crippen LogP contribution in [0.15, 0.2) is 42.5 Å². The van der Waals surface area contributed by atoms with E-state index in [2.05, 4.69) is 5.32 Å². The van der Waals surface area contributed by atoms with E-state index < -0.39 is 11.8 Å². The number of anilines is 1. The summed E-state index contributed by atoms with van der Waals surface area (Å²) in [6.45, 7) is -0.328. The van der Waals surface area contributed by atoms with Gasteiger partial charge in [-0.15, -0.1) is 0 Å². The fourth-order valence-corrected chi connectivity index (χ4v) is 2.25. The average molecular weight is 371 g/mol. The van der Waals surface area contributed by atoms with E-state index in [1.54, 1.807) is 44.4 Å². The molecule has 2 aromatic carbocycles. The van der Waals surface area contributed by atoms with Gasteiger partial charge in [0.1, 0.15) is 11.5 Å². The second kappa shape index (κ2) is 8.70. The molecule has 3 N–H and O–H groups in total. The van der Waals surface area contributed by atoms with Gasteiger partial charge in [-0.05, 0) is 36.4 Å². The number of amides is 3. The molecule has 2 rings (SSSR count). The minimum atomic E-state index is -0.672. The first-order chi connectivity index (χ1) is 12.8. The van der Waals surface area contributed by atoms with Gasteiger partial charge >= 0.3 is 0 Å². The van der Waals surface area contributed by atoms with E-state index in [4.69, 9.17) is 15.2 Å². The molecule has 3 amide bonds. The lowest BCUT2D eigenvalue weighted by molar-refractivity contribution is -0.118. The number of benzene rings is 2. The number of nitrogens with two attached hydrogens (primary N) is 1. The number of nitrogens with one attached hydrogen (secondary N) is 1. The van der Waals surface area contributed by atoms with Crippen LogP contribution in [-0.2, 0) is 4.79 Å². The zero-order valence-electron chi connectivity index (χ0n) is 15.3. The van der Waals surface area contributed by atoms with E-state index in [-0.39, 0.29) is 23.8 Å². The van der Waals surface area contributed by atoms with Crippen molar-refractivity contribution < 1.29 is 23.9 Å². The van der Waals surface area contributed by atoms with Crippen LogP contribution < -0.4 is 20.5 Å². The Labute approximate surface area is 156 Å². The van der Waals surface area contributed by atoms with Gasteiger partial charge < -0.3 is 25.4 Å². The second-order valence-electron chi connectivity index (χ2n) is 5.84. The largest absolute Gasteiger partial charge is 0.497 e. The maximum atomic E-state index is 12.1. The summed E-state index contributed by atoms with van der Waals surface area (Å²) < 4.78 is 10.5. The first-order valence-electron chi connectivity index (χ1n) is 8.04. The van der Waals surface area contributed by atoms with Gasteiger partial charge in [-0.3, -0.25) is 14.4 Å². The van der Waals surface area contributed by atoms with Gasteiger partial charge in [-0.25, -0.2) is 0 Å². The third-order valence-corrected chi connectivity index (χ3v) is 3.63. The van der Waals surface area contributed by atoms with Crippen molar-refractivity contribution in [3.8, 4) is 11.5 Å². The van der Waals surface area contributed by atoms with Crippen LogP contribution in [0.25, 0.3) is 0 Å². The lowest BCUT2D eigenvalue weighted by Crippen LogP contribution is -2.22. The first kappa shape index (κ1) is 19.8. The van der Waals surface area contributed by atoms with Crippen LogP contribution in [0.1, 0.15) is 20.7 Å². The van der Waals surface area contributed by atoms with Crippen molar-refractivity contribution in [2.24, 2.45) is 5.73 Å². The van der Waals surface area contributed by atoms with Crippen LogP contribution >= 0.6 is 0 Å². The monoisotopic (exact) mass is 371 g/mol. The van der Waals surface area contributed by atoms with Crippen LogP contribution in [0.3, 0.4) is 0 Å². The molecule has 0 aliphatic heterocycles. The van der Waals surface area contributed by atoms with Crippen molar-refractivity contribution in [3.63, 3.8) is 0 Å². The summed E-state index contributed by atoms with van der Waals surface area (Å²) in [4.78, 5) is 36.9. The number of hydrogen-bond acceptors (Lipinski definition) is 5. The normalized spacial score (nSPS) is 10.0. The number of methoxy groups -OCH3 is 1. The molecule has 0 saturated carbocycles. The molecule has 0 aliphatic rings. The Morgan fingerprint density at radius 1 is 1.07 bits per heavy atom. The summed E-state index contributed by atoms with van der Waals surface area (Å²) in [6.07, 6.45) is 0. The van der Waals surface area contributed by atoms with Gasteiger partial charge in [-0.2, -0.15) is 0 Å². The van der Waals surface area contributed by atoms with Gasteiger partial charge in [0.25, 0.3) is 17.7 Å². The van der Waals surface area contributed by atoms with Crippen LogP contribution in [0.5, 0.6) is 11.5 Å². The van der Waals surface area contributed by atoms with Crippen molar-refractivity contribution in [2.75, 3.05) is 33.1 Å². The number of carbonyl (C=O) groups excluding carboxylic acids is 3. The minimum Gasteiger partial charge on any atom is -0.497 e. The predicted octanol–water partition coefficient (Wildman–Crippen LogP) is 1.51. The summed E-state index contributed by atoms with van der Waals surface area (Å²) in [5, 5.41) is 2.65. The first-order valence-corrected chi connectivity index (χ1v) is 8.04. The highest BCUT2D eigenvalue weighted by Gasteiger charge is 2.13. The Balaban J connectivity index is 2.00. The Kier molecular flexibility index (Phi) is 6.37. The molecule has 0 atom stereocenters. The van der Waals surface area contributed by atoms with E-state index >= 15 is 0 Å². The van der Waals surface area contributed by atoms with Gasteiger partial charge in [0.15, 0.2) is 6.61 Å². The van der Waals surface area contributed by atoms with Crippen molar-refractivity contribution >= 4 is 23.4 Å². The number of ether oxygens (including phenoxy) is 2. The molecular formula is C19H21N3O5. The molecule has 8 heteroatoms. The van der Waals surface area contributed by atoms with Gasteiger partial charge in [0, 0.05) is 31.4 Å². The van der Waals surface area contributed by atoms with E-state index in [1.165, 1.54) is 24.1 Å². The summed E-state index contributed by atoms with van der Waals surface area (Å²) in [5.74, 6) is -0.608. The third-order valence-electron chi connectivity index (χ3n) is 3.63. The molecule has 27 heavy (non-hydrogen) atoms. The fraction of sp³-hybridized carbons (Fsp3) is 0.211. The Hall–Kier alpha value is -3.55. The topological polar surface area (TPSA) is 111 Å². The number of primary amides is 1. The standard InChI is InChI=1S/C19H21N3O5/c1-22(2)19(25)12-4-6-13(7-5-12)21-17(23)11-27-16-10-14(26-3)8-9-15(16)18(20)24/h4-10H,11H2,1-3H3,(H2,20,24)(H,21,23). The molecular weight excluding hydrogens is 350 g/mol. The zero-order valence-corrected chi connectivity index (χ0v) is 15.3. The molecule has 0 aliphatic carbocycles. The van der Waals surface area contributed by atoms with E-state index in [1.807, 2.05) is 0 Å². The molecule has 0 spiro atoms. The average Bonchev–Trinajstić information content (AvgIpc) is 2.65. The number of rotatable bonds is 7. The van der Waals surface area contributed by atoms with Crippen molar-refractivity contribution in [2.45, 2.75) is 0 Å². The molecule has 0 unspecified atom stereocenters. The highest BCUT2D eigenvalue weighted by molar-refractivity contribution is 5.97.